The van der Waals surface area contributed by atoms with E-state index in [1.807, 2.05) is 12.1 Å². The first kappa shape index (κ1) is 10.2. The van der Waals surface area contributed by atoms with E-state index in [1.54, 1.807) is 0 Å². The molecule has 0 heterocycles. The lowest BCUT2D eigenvalue weighted by Gasteiger charge is -2.01. The highest BCUT2D eigenvalue weighted by molar-refractivity contribution is 7.80. The number of hydrogen-bond donors (Lipinski definition) is 1. The van der Waals surface area contributed by atoms with E-state index in [4.69, 9.17) is 4.74 Å². The van der Waals surface area contributed by atoms with Gasteiger partial charge in [0.1, 0.15) is 5.75 Å². The van der Waals surface area contributed by atoms with Crippen molar-refractivity contribution in [2.24, 2.45) is 0 Å². The third kappa shape index (κ3) is 3.55. The van der Waals surface area contributed by atoms with Gasteiger partial charge in [0.15, 0.2) is 0 Å². The first-order valence-corrected chi connectivity index (χ1v) is 4.97. The maximum atomic E-state index is 5.11. The monoisotopic (exact) mass is 194 g/mol. The summed E-state index contributed by atoms with van der Waals surface area (Å²) in [5.74, 6) is 1.77. The van der Waals surface area contributed by atoms with Crippen molar-refractivity contribution in [2.45, 2.75) is 12.8 Å². The van der Waals surface area contributed by atoms with Gasteiger partial charge < -0.3 is 4.74 Å². The Morgan fingerprint density at radius 3 is 2.54 bits per heavy atom. The Hall–Kier alpha value is -0.890. The van der Waals surface area contributed by atoms with Crippen molar-refractivity contribution in [3.8, 4) is 5.75 Å². The second-order valence-corrected chi connectivity index (χ2v) is 3.20. The summed E-state index contributed by atoms with van der Waals surface area (Å²) in [6.07, 6.45) is 3.63. The van der Waals surface area contributed by atoms with Crippen LogP contribution in [0.15, 0.2) is 37.1 Å². The summed E-state index contributed by atoms with van der Waals surface area (Å²) in [6, 6.07) is 8.05. The average molecular weight is 194 g/mol. The molecule has 2 heteroatoms. The zero-order valence-corrected chi connectivity index (χ0v) is 8.47. The molecule has 0 N–H and O–H groups in total. The van der Waals surface area contributed by atoms with Crippen molar-refractivity contribution in [1.82, 2.24) is 0 Å². The summed E-state index contributed by atoms with van der Waals surface area (Å²) < 4.78 is 5.11. The van der Waals surface area contributed by atoms with Gasteiger partial charge in [-0.05, 0) is 36.3 Å². The largest absolute Gasteiger partial charge is 0.466 e. The fourth-order valence-corrected chi connectivity index (χ4v) is 1.27. The molecule has 1 rings (SSSR count). The molecule has 0 spiro atoms. The van der Waals surface area contributed by atoms with Crippen molar-refractivity contribution in [2.75, 3.05) is 5.75 Å². The van der Waals surface area contributed by atoms with E-state index in [-0.39, 0.29) is 0 Å². The Morgan fingerprint density at radius 1 is 1.31 bits per heavy atom. The smallest absolute Gasteiger partial charge is 0.126 e. The van der Waals surface area contributed by atoms with Gasteiger partial charge in [0.2, 0.25) is 0 Å². The van der Waals surface area contributed by atoms with E-state index in [1.165, 1.54) is 11.8 Å². The molecule has 0 saturated heterocycles. The van der Waals surface area contributed by atoms with Crippen LogP contribution in [0.1, 0.15) is 12.0 Å². The molecule has 0 aliphatic carbocycles. The molecular weight excluding hydrogens is 180 g/mol. The Kier molecular flexibility index (Phi) is 4.47. The molecule has 1 nitrogen and oxygen atoms in total. The zero-order valence-electron chi connectivity index (χ0n) is 7.57. The fourth-order valence-electron chi connectivity index (χ4n) is 1.11. The SMILES string of the molecule is C=COc1ccc(CCCS)cc1. The van der Waals surface area contributed by atoms with Crippen LogP contribution in [0, 0.1) is 0 Å². The van der Waals surface area contributed by atoms with Crippen molar-refractivity contribution < 1.29 is 4.74 Å². The summed E-state index contributed by atoms with van der Waals surface area (Å²) in [7, 11) is 0. The van der Waals surface area contributed by atoms with Crippen molar-refractivity contribution in [3.63, 3.8) is 0 Å². The van der Waals surface area contributed by atoms with E-state index in [0.717, 1.165) is 24.3 Å². The van der Waals surface area contributed by atoms with E-state index in [9.17, 15) is 0 Å². The van der Waals surface area contributed by atoms with Gasteiger partial charge >= 0.3 is 0 Å². The van der Waals surface area contributed by atoms with Gasteiger partial charge in [0.25, 0.3) is 0 Å². The Labute approximate surface area is 84.8 Å². The zero-order chi connectivity index (χ0) is 9.52. The van der Waals surface area contributed by atoms with Gasteiger partial charge in [-0.2, -0.15) is 12.6 Å². The summed E-state index contributed by atoms with van der Waals surface area (Å²) in [5, 5.41) is 0. The minimum absolute atomic E-state index is 0.838. The van der Waals surface area contributed by atoms with Crippen LogP contribution in [0.25, 0.3) is 0 Å². The molecule has 0 aliphatic heterocycles. The van der Waals surface area contributed by atoms with Crippen LogP contribution in [0.2, 0.25) is 0 Å². The van der Waals surface area contributed by atoms with Crippen LogP contribution in [0.3, 0.4) is 0 Å². The lowest BCUT2D eigenvalue weighted by Crippen LogP contribution is -1.86. The molecule has 0 amide bonds. The normalized spacial score (nSPS) is 9.62. The summed E-state index contributed by atoms with van der Waals surface area (Å²) >= 11 is 4.17. The van der Waals surface area contributed by atoms with Gasteiger partial charge in [-0.25, -0.2) is 0 Å². The highest BCUT2D eigenvalue weighted by Crippen LogP contribution is 2.13. The van der Waals surface area contributed by atoms with Gasteiger partial charge in [0.05, 0.1) is 6.26 Å². The highest BCUT2D eigenvalue weighted by atomic mass is 32.1. The summed E-state index contributed by atoms with van der Waals surface area (Å²) in [4.78, 5) is 0. The molecule has 13 heavy (non-hydrogen) atoms. The molecule has 0 fully saturated rings. The first-order chi connectivity index (χ1) is 6.36. The first-order valence-electron chi connectivity index (χ1n) is 4.34. The number of aryl methyl sites for hydroxylation is 1. The molecule has 1 aromatic carbocycles. The molecule has 1 aromatic rings. The van der Waals surface area contributed by atoms with Crippen LogP contribution in [-0.2, 0) is 6.42 Å². The van der Waals surface area contributed by atoms with Crippen LogP contribution in [0.4, 0.5) is 0 Å². The number of ether oxygens (including phenoxy) is 1. The van der Waals surface area contributed by atoms with Gasteiger partial charge in [0, 0.05) is 0 Å². The van der Waals surface area contributed by atoms with Gasteiger partial charge in [-0.15, -0.1) is 0 Å². The third-order valence-corrected chi connectivity index (χ3v) is 2.08. The molecule has 0 saturated carbocycles. The molecular formula is C11H14OS. The van der Waals surface area contributed by atoms with Crippen LogP contribution in [-0.4, -0.2) is 5.75 Å². The topological polar surface area (TPSA) is 9.23 Å². The Bertz CT molecular complexity index is 253. The fraction of sp³-hybridized carbons (Fsp3) is 0.273. The number of hydrogen-bond acceptors (Lipinski definition) is 2. The third-order valence-electron chi connectivity index (χ3n) is 1.77. The maximum absolute atomic E-state index is 5.11. The minimum atomic E-state index is 0.838. The number of thiol groups is 1. The van der Waals surface area contributed by atoms with Crippen molar-refractivity contribution >= 4 is 12.6 Å². The second-order valence-electron chi connectivity index (χ2n) is 2.76. The summed E-state index contributed by atoms with van der Waals surface area (Å²) in [6.45, 7) is 3.50. The van der Waals surface area contributed by atoms with Crippen LogP contribution in [0.5, 0.6) is 5.75 Å². The standard InChI is InChI=1S/C11H14OS/c1-2-12-11-7-5-10(6-8-11)4-3-9-13/h2,5-8,13H,1,3-4,9H2. The van der Waals surface area contributed by atoms with E-state index in [2.05, 4.69) is 31.3 Å². The van der Waals surface area contributed by atoms with Crippen LogP contribution < -0.4 is 4.74 Å². The van der Waals surface area contributed by atoms with E-state index < -0.39 is 0 Å². The van der Waals surface area contributed by atoms with Crippen molar-refractivity contribution in [3.05, 3.63) is 42.7 Å². The molecule has 0 unspecified atom stereocenters. The Morgan fingerprint density at radius 2 is 2.00 bits per heavy atom. The molecule has 0 atom stereocenters. The predicted molar refractivity (Wildman–Crippen MR) is 59.4 cm³/mol. The Balaban J connectivity index is 2.53. The van der Waals surface area contributed by atoms with Gasteiger partial charge in [-0.1, -0.05) is 18.7 Å². The molecule has 0 aliphatic rings. The molecule has 0 aromatic heterocycles. The maximum Gasteiger partial charge on any atom is 0.126 e. The molecule has 70 valence electrons. The predicted octanol–water partition coefficient (Wildman–Crippen LogP) is 3.07. The van der Waals surface area contributed by atoms with Crippen molar-refractivity contribution in [1.29, 1.82) is 0 Å². The van der Waals surface area contributed by atoms with Crippen LogP contribution >= 0.6 is 12.6 Å². The minimum Gasteiger partial charge on any atom is -0.466 e. The lowest BCUT2D eigenvalue weighted by molar-refractivity contribution is 0.483. The van der Waals surface area contributed by atoms with E-state index in [0.29, 0.717) is 0 Å². The number of benzene rings is 1. The van der Waals surface area contributed by atoms with Gasteiger partial charge in [-0.3, -0.25) is 0 Å². The quantitative estimate of drug-likeness (QED) is 0.560. The summed E-state index contributed by atoms with van der Waals surface area (Å²) in [5.41, 5.74) is 1.32. The average Bonchev–Trinajstić information content (AvgIpc) is 2.17. The lowest BCUT2D eigenvalue weighted by atomic mass is 10.1. The highest BCUT2D eigenvalue weighted by Gasteiger charge is 1.93. The molecule has 0 radical (unpaired) electrons. The van der Waals surface area contributed by atoms with E-state index >= 15 is 0 Å². The second kappa shape index (κ2) is 5.70. The number of rotatable bonds is 5. The molecule has 0 bridgehead atoms.